The van der Waals surface area contributed by atoms with Crippen molar-refractivity contribution in [1.29, 1.82) is 0 Å². The van der Waals surface area contributed by atoms with Crippen LogP contribution in [0, 0.1) is 0 Å². The van der Waals surface area contributed by atoms with E-state index in [1.807, 2.05) is 0 Å². The summed E-state index contributed by atoms with van der Waals surface area (Å²) in [7, 11) is -3.90. The van der Waals surface area contributed by atoms with Gasteiger partial charge in [0.15, 0.2) is 6.61 Å². The van der Waals surface area contributed by atoms with Crippen LogP contribution in [0.25, 0.3) is 0 Å². The van der Waals surface area contributed by atoms with Gasteiger partial charge in [0.05, 0.1) is 21.2 Å². The first-order valence-electron chi connectivity index (χ1n) is 8.41. The molecule has 30 heavy (non-hydrogen) atoms. The number of alkyl halides is 3. The number of rotatable bonds is 7. The van der Waals surface area contributed by atoms with Gasteiger partial charge in [-0.3, -0.25) is 4.79 Å². The van der Waals surface area contributed by atoms with Crippen LogP contribution in [0.5, 0.6) is 5.75 Å². The van der Waals surface area contributed by atoms with Crippen molar-refractivity contribution in [2.24, 2.45) is 0 Å². The summed E-state index contributed by atoms with van der Waals surface area (Å²) in [6.07, 6.45) is -4.59. The normalized spacial score (nSPS) is 12.1. The third kappa shape index (κ3) is 6.76. The molecule has 0 aromatic heterocycles. The van der Waals surface area contributed by atoms with Gasteiger partial charge in [-0.1, -0.05) is 23.2 Å². The van der Waals surface area contributed by atoms with Crippen molar-refractivity contribution in [2.75, 3.05) is 11.9 Å². The van der Waals surface area contributed by atoms with Gasteiger partial charge in [-0.25, -0.2) is 13.1 Å². The van der Waals surface area contributed by atoms with Crippen LogP contribution in [0.2, 0.25) is 10.0 Å². The second-order valence-electron chi connectivity index (χ2n) is 6.42. The van der Waals surface area contributed by atoms with Crippen LogP contribution in [-0.4, -0.2) is 33.1 Å². The van der Waals surface area contributed by atoms with Gasteiger partial charge in [-0.05, 0) is 50.2 Å². The molecular weight excluding hydrogens is 468 g/mol. The zero-order chi connectivity index (χ0) is 22.7. The van der Waals surface area contributed by atoms with Crippen molar-refractivity contribution in [3.8, 4) is 5.75 Å². The van der Waals surface area contributed by atoms with Crippen molar-refractivity contribution in [3.63, 3.8) is 0 Å². The molecule has 0 fully saturated rings. The first kappa shape index (κ1) is 24.3. The van der Waals surface area contributed by atoms with Crippen molar-refractivity contribution >= 4 is 44.8 Å². The van der Waals surface area contributed by atoms with Crippen molar-refractivity contribution in [1.82, 2.24) is 4.72 Å². The summed E-state index contributed by atoms with van der Waals surface area (Å²) in [5, 5.41) is 2.42. The lowest BCUT2D eigenvalue weighted by Crippen LogP contribution is -2.30. The Bertz CT molecular complexity index is 1040. The third-order valence-electron chi connectivity index (χ3n) is 3.46. The number of carbonyl (C=O) groups is 1. The SMILES string of the molecule is CC(C)NS(=O)(=O)c1ccc(Cl)c(C(=O)Nc2cc(Cl)ccc2OCC(F)(F)F)c1. The molecule has 0 aliphatic rings. The van der Waals surface area contributed by atoms with E-state index >= 15 is 0 Å². The number of benzene rings is 2. The molecule has 0 atom stereocenters. The lowest BCUT2D eigenvalue weighted by atomic mass is 10.2. The first-order valence-corrected chi connectivity index (χ1v) is 10.6. The van der Waals surface area contributed by atoms with Crippen LogP contribution < -0.4 is 14.8 Å². The summed E-state index contributed by atoms with van der Waals surface area (Å²) in [6.45, 7) is 1.68. The average molecular weight is 485 g/mol. The van der Waals surface area contributed by atoms with Gasteiger partial charge in [-0.15, -0.1) is 0 Å². The highest BCUT2D eigenvalue weighted by molar-refractivity contribution is 7.89. The standard InChI is InChI=1S/C18H17Cl2F3N2O4S/c1-10(2)25-30(27,28)12-4-5-14(20)13(8-12)17(26)24-15-7-11(19)3-6-16(15)29-9-18(21,22)23/h3-8,10,25H,9H2,1-2H3,(H,24,26). The summed E-state index contributed by atoms with van der Waals surface area (Å²) in [5.74, 6) is -1.13. The molecule has 164 valence electrons. The third-order valence-corrected chi connectivity index (χ3v) is 5.69. The number of hydrogen-bond donors (Lipinski definition) is 2. The van der Waals surface area contributed by atoms with E-state index in [-0.39, 0.29) is 38.0 Å². The Hall–Kier alpha value is -2.01. The molecular formula is C18H17Cl2F3N2O4S. The van der Waals surface area contributed by atoms with E-state index in [0.29, 0.717) is 0 Å². The quantitative estimate of drug-likeness (QED) is 0.586. The van der Waals surface area contributed by atoms with Crippen molar-refractivity contribution in [2.45, 2.75) is 31.0 Å². The number of hydrogen-bond acceptors (Lipinski definition) is 4. The number of nitrogens with one attached hydrogen (secondary N) is 2. The second-order valence-corrected chi connectivity index (χ2v) is 8.97. The molecule has 2 aromatic carbocycles. The highest BCUT2D eigenvalue weighted by Gasteiger charge is 2.29. The maximum absolute atomic E-state index is 12.7. The summed E-state index contributed by atoms with van der Waals surface area (Å²) in [5.41, 5.74) is -0.341. The molecule has 0 saturated heterocycles. The van der Waals surface area contributed by atoms with E-state index in [1.54, 1.807) is 13.8 Å². The van der Waals surface area contributed by atoms with Crippen molar-refractivity contribution < 1.29 is 31.1 Å². The Kier molecular flexibility index (Phi) is 7.62. The topological polar surface area (TPSA) is 84.5 Å². The second kappa shape index (κ2) is 9.42. The van der Waals surface area contributed by atoms with Gasteiger partial charge in [0, 0.05) is 11.1 Å². The van der Waals surface area contributed by atoms with E-state index < -0.39 is 28.7 Å². The zero-order valence-corrected chi connectivity index (χ0v) is 18.0. The fourth-order valence-electron chi connectivity index (χ4n) is 2.30. The van der Waals surface area contributed by atoms with Gasteiger partial charge in [0.1, 0.15) is 5.75 Å². The van der Waals surface area contributed by atoms with E-state index in [9.17, 15) is 26.4 Å². The van der Waals surface area contributed by atoms with Gasteiger partial charge < -0.3 is 10.1 Å². The summed E-state index contributed by atoms with van der Waals surface area (Å²) < 4.78 is 69.1. The number of sulfonamides is 1. The van der Waals surface area contributed by atoms with E-state index in [1.165, 1.54) is 30.3 Å². The number of anilines is 1. The van der Waals surface area contributed by atoms with Crippen LogP contribution in [0.4, 0.5) is 18.9 Å². The highest BCUT2D eigenvalue weighted by Crippen LogP contribution is 2.31. The fourth-order valence-corrected chi connectivity index (χ4v) is 3.95. The first-order chi connectivity index (χ1) is 13.8. The summed E-state index contributed by atoms with van der Waals surface area (Å²) in [6, 6.07) is 6.77. The zero-order valence-electron chi connectivity index (χ0n) is 15.7. The minimum Gasteiger partial charge on any atom is -0.482 e. The molecule has 2 aromatic rings. The Morgan fingerprint density at radius 3 is 2.40 bits per heavy atom. The maximum atomic E-state index is 12.7. The van der Waals surface area contributed by atoms with Crippen LogP contribution in [0.3, 0.4) is 0 Å². The molecule has 2 N–H and O–H groups in total. The molecule has 0 unspecified atom stereocenters. The number of ether oxygens (including phenoxy) is 1. The molecule has 0 bridgehead atoms. The largest absolute Gasteiger partial charge is 0.482 e. The highest BCUT2D eigenvalue weighted by atomic mass is 35.5. The van der Waals surface area contributed by atoms with Crippen molar-refractivity contribution in [3.05, 3.63) is 52.0 Å². The Balaban J connectivity index is 2.34. The molecule has 6 nitrogen and oxygen atoms in total. The van der Waals surface area contributed by atoms with Crippen LogP contribution in [0.15, 0.2) is 41.3 Å². The smallest absolute Gasteiger partial charge is 0.422 e. The Morgan fingerprint density at radius 1 is 1.13 bits per heavy atom. The average Bonchev–Trinajstić information content (AvgIpc) is 2.59. The van der Waals surface area contributed by atoms with Gasteiger partial charge in [0.2, 0.25) is 10.0 Å². The maximum Gasteiger partial charge on any atom is 0.422 e. The number of halogens is 5. The molecule has 0 heterocycles. The predicted molar refractivity (Wildman–Crippen MR) is 108 cm³/mol. The van der Waals surface area contributed by atoms with Gasteiger partial charge >= 0.3 is 6.18 Å². The minimum atomic E-state index is -4.59. The molecule has 0 saturated carbocycles. The molecule has 0 aliphatic carbocycles. The lowest BCUT2D eigenvalue weighted by Gasteiger charge is -2.15. The molecule has 0 aliphatic heterocycles. The lowest BCUT2D eigenvalue weighted by molar-refractivity contribution is -0.153. The predicted octanol–water partition coefficient (Wildman–Crippen LogP) is 4.87. The van der Waals surface area contributed by atoms with E-state index in [0.717, 1.165) is 6.07 Å². The summed E-state index contributed by atoms with van der Waals surface area (Å²) in [4.78, 5) is 12.5. The van der Waals surface area contributed by atoms with Crippen LogP contribution >= 0.6 is 23.2 Å². The molecule has 0 radical (unpaired) electrons. The monoisotopic (exact) mass is 484 g/mol. The number of amides is 1. The molecule has 2 rings (SSSR count). The Labute approximate surface area is 181 Å². The number of carbonyl (C=O) groups excluding carboxylic acids is 1. The Morgan fingerprint density at radius 2 is 1.80 bits per heavy atom. The van der Waals surface area contributed by atoms with Gasteiger partial charge in [-0.2, -0.15) is 13.2 Å². The van der Waals surface area contributed by atoms with Gasteiger partial charge in [0.25, 0.3) is 5.91 Å². The summed E-state index contributed by atoms with van der Waals surface area (Å²) >= 11 is 11.9. The molecule has 12 heteroatoms. The van der Waals surface area contributed by atoms with E-state index in [4.69, 9.17) is 27.9 Å². The molecule has 1 amide bonds. The van der Waals surface area contributed by atoms with E-state index in [2.05, 4.69) is 10.0 Å². The molecule has 0 spiro atoms. The van der Waals surface area contributed by atoms with Crippen LogP contribution in [-0.2, 0) is 10.0 Å². The minimum absolute atomic E-state index is 0.0595. The van der Waals surface area contributed by atoms with Crippen LogP contribution in [0.1, 0.15) is 24.2 Å². The fraction of sp³-hybridized carbons (Fsp3) is 0.278.